The number of nitrogens with zero attached hydrogens (tertiary/aromatic N) is 1. The quantitative estimate of drug-likeness (QED) is 0.672. The van der Waals surface area contributed by atoms with Gasteiger partial charge in [0.1, 0.15) is 17.1 Å². The number of carbonyl (C=O) groups is 1. The molecule has 2 aromatic carbocycles. The molecule has 0 aliphatic heterocycles. The lowest BCUT2D eigenvalue weighted by atomic mass is 9.68. The molecule has 0 unspecified atom stereocenters. The molecule has 27 heavy (non-hydrogen) atoms. The smallest absolute Gasteiger partial charge is 0.258 e. The van der Waals surface area contributed by atoms with Gasteiger partial charge in [-0.1, -0.05) is 36.4 Å². The van der Waals surface area contributed by atoms with Crippen LogP contribution in [0.25, 0.3) is 0 Å². The van der Waals surface area contributed by atoms with Crippen molar-refractivity contribution in [3.05, 3.63) is 59.7 Å². The molecular weight excluding hydrogens is 342 g/mol. The highest BCUT2D eigenvalue weighted by Gasteiger charge is 2.37. The Balaban J connectivity index is 1.82. The maximum absolute atomic E-state index is 12.8. The van der Waals surface area contributed by atoms with Crippen LogP contribution in [0.3, 0.4) is 0 Å². The van der Waals surface area contributed by atoms with Gasteiger partial charge >= 0.3 is 0 Å². The van der Waals surface area contributed by atoms with Crippen LogP contribution in [0.5, 0.6) is 11.5 Å². The van der Waals surface area contributed by atoms with Crippen molar-refractivity contribution in [3.63, 3.8) is 0 Å². The third-order valence-electron chi connectivity index (χ3n) is 5.52. The SMILES string of the molecule is COc1cccc(O)c1C(=O)NC[C@]1(c2ccccc2)CC[C@H](N=N)CC1. The zero-order valence-electron chi connectivity index (χ0n) is 15.4. The second-order valence-corrected chi connectivity index (χ2v) is 7.04. The average Bonchev–Trinajstić information content (AvgIpc) is 2.72. The largest absolute Gasteiger partial charge is 0.507 e. The zero-order chi connectivity index (χ0) is 19.3. The molecule has 0 atom stereocenters. The normalized spacial score (nSPS) is 22.0. The molecule has 1 saturated carbocycles. The molecule has 0 saturated heterocycles. The third-order valence-corrected chi connectivity index (χ3v) is 5.52. The maximum atomic E-state index is 12.8. The van der Waals surface area contributed by atoms with Gasteiger partial charge in [-0.05, 0) is 43.4 Å². The Morgan fingerprint density at radius 3 is 2.56 bits per heavy atom. The number of phenols is 1. The Morgan fingerprint density at radius 2 is 1.93 bits per heavy atom. The summed E-state index contributed by atoms with van der Waals surface area (Å²) in [4.78, 5) is 12.8. The summed E-state index contributed by atoms with van der Waals surface area (Å²) in [5.74, 6) is -0.108. The van der Waals surface area contributed by atoms with Crippen molar-refractivity contribution in [3.8, 4) is 11.5 Å². The van der Waals surface area contributed by atoms with E-state index in [9.17, 15) is 9.90 Å². The Kier molecular flexibility index (Phi) is 5.74. The summed E-state index contributed by atoms with van der Waals surface area (Å²) in [5, 5.41) is 16.8. The molecule has 6 heteroatoms. The standard InChI is InChI=1S/C21H25N3O3/c1-27-18-9-5-8-17(25)19(18)20(26)23-14-21(15-6-3-2-4-7-15)12-10-16(24-22)11-13-21/h2-9,16,22,25H,10-14H2,1H3,(H,23,26)/t16-,21-. The molecule has 0 heterocycles. The minimum Gasteiger partial charge on any atom is -0.507 e. The highest BCUT2D eigenvalue weighted by atomic mass is 16.5. The topological polar surface area (TPSA) is 94.8 Å². The number of hydrogen-bond donors (Lipinski definition) is 3. The van der Waals surface area contributed by atoms with Gasteiger partial charge in [0.05, 0.1) is 13.2 Å². The second-order valence-electron chi connectivity index (χ2n) is 7.04. The summed E-state index contributed by atoms with van der Waals surface area (Å²) in [6.45, 7) is 0.456. The maximum Gasteiger partial charge on any atom is 0.258 e. The van der Waals surface area contributed by atoms with Crippen LogP contribution >= 0.6 is 0 Å². The van der Waals surface area contributed by atoms with Gasteiger partial charge < -0.3 is 15.2 Å². The molecule has 6 nitrogen and oxygen atoms in total. The highest BCUT2D eigenvalue weighted by molar-refractivity contribution is 5.99. The summed E-state index contributed by atoms with van der Waals surface area (Å²) >= 11 is 0. The molecule has 1 amide bonds. The van der Waals surface area contributed by atoms with Crippen LogP contribution in [0, 0.1) is 5.53 Å². The van der Waals surface area contributed by atoms with Gasteiger partial charge in [-0.15, -0.1) is 0 Å². The Labute approximate surface area is 159 Å². The molecule has 1 fully saturated rings. The molecule has 142 valence electrons. The number of phenolic OH excluding ortho intramolecular Hbond substituents is 1. The van der Waals surface area contributed by atoms with E-state index in [1.807, 2.05) is 18.2 Å². The van der Waals surface area contributed by atoms with Crippen LogP contribution in [0.2, 0.25) is 0 Å². The van der Waals surface area contributed by atoms with E-state index in [1.54, 1.807) is 12.1 Å². The summed E-state index contributed by atoms with van der Waals surface area (Å²) in [6, 6.07) is 15.0. The van der Waals surface area contributed by atoms with Crippen LogP contribution in [-0.2, 0) is 5.41 Å². The lowest BCUT2D eigenvalue weighted by Gasteiger charge is -2.39. The van der Waals surface area contributed by atoms with Gasteiger partial charge in [-0.25, -0.2) is 5.53 Å². The minimum absolute atomic E-state index is 0.0656. The number of methoxy groups -OCH3 is 1. The highest BCUT2D eigenvalue weighted by Crippen LogP contribution is 2.40. The molecule has 0 bridgehead atoms. The Hall–Kier alpha value is -2.89. The lowest BCUT2D eigenvalue weighted by Crippen LogP contribution is -2.44. The molecule has 3 rings (SSSR count). The lowest BCUT2D eigenvalue weighted by molar-refractivity contribution is 0.0929. The van der Waals surface area contributed by atoms with E-state index in [0.717, 1.165) is 25.7 Å². The first-order chi connectivity index (χ1) is 13.1. The Morgan fingerprint density at radius 1 is 1.22 bits per heavy atom. The average molecular weight is 367 g/mol. The van der Waals surface area contributed by atoms with Crippen LogP contribution in [0.1, 0.15) is 41.6 Å². The van der Waals surface area contributed by atoms with Crippen molar-refractivity contribution in [1.29, 1.82) is 5.53 Å². The predicted octanol–water partition coefficient (Wildman–Crippen LogP) is 4.04. The number of benzene rings is 2. The summed E-state index contributed by atoms with van der Waals surface area (Å²) in [7, 11) is 1.47. The van der Waals surface area contributed by atoms with E-state index < -0.39 is 0 Å². The van der Waals surface area contributed by atoms with E-state index >= 15 is 0 Å². The molecule has 3 N–H and O–H groups in total. The van der Waals surface area contributed by atoms with Gasteiger partial charge in [0.2, 0.25) is 0 Å². The van der Waals surface area contributed by atoms with Crippen LogP contribution in [-0.4, -0.2) is 30.7 Å². The fraction of sp³-hybridized carbons (Fsp3) is 0.381. The fourth-order valence-corrected chi connectivity index (χ4v) is 3.90. The first-order valence-electron chi connectivity index (χ1n) is 9.16. The summed E-state index contributed by atoms with van der Waals surface area (Å²) < 4.78 is 5.22. The fourth-order valence-electron chi connectivity index (χ4n) is 3.90. The summed E-state index contributed by atoms with van der Waals surface area (Å²) in [6.07, 6.45) is 3.35. The number of amides is 1. The van der Waals surface area contributed by atoms with Gasteiger partial charge in [0, 0.05) is 12.0 Å². The number of ether oxygens (including phenoxy) is 1. The number of aromatic hydroxyl groups is 1. The number of hydrogen-bond acceptors (Lipinski definition) is 5. The van der Waals surface area contributed by atoms with Gasteiger partial charge in [0.25, 0.3) is 5.91 Å². The van der Waals surface area contributed by atoms with Gasteiger partial charge in [0.15, 0.2) is 0 Å². The van der Waals surface area contributed by atoms with Crippen LogP contribution < -0.4 is 10.1 Å². The van der Waals surface area contributed by atoms with Crippen molar-refractivity contribution < 1.29 is 14.6 Å². The monoisotopic (exact) mass is 367 g/mol. The van der Waals surface area contributed by atoms with Crippen molar-refractivity contribution in [1.82, 2.24) is 5.32 Å². The van der Waals surface area contributed by atoms with Crippen molar-refractivity contribution in [2.45, 2.75) is 37.1 Å². The molecule has 0 aromatic heterocycles. The van der Waals surface area contributed by atoms with Crippen molar-refractivity contribution in [2.24, 2.45) is 5.11 Å². The van der Waals surface area contributed by atoms with Gasteiger partial charge in [-0.3, -0.25) is 4.79 Å². The molecule has 0 radical (unpaired) electrons. The van der Waals surface area contributed by atoms with E-state index in [0.29, 0.717) is 12.3 Å². The molecular formula is C21H25N3O3. The second kappa shape index (κ2) is 8.20. The number of nitrogens with one attached hydrogen (secondary N) is 2. The van der Waals surface area contributed by atoms with Crippen LogP contribution in [0.4, 0.5) is 0 Å². The van der Waals surface area contributed by atoms with E-state index in [2.05, 4.69) is 22.6 Å². The number of rotatable bonds is 6. The van der Waals surface area contributed by atoms with Crippen molar-refractivity contribution >= 4 is 5.91 Å². The Bertz CT molecular complexity index is 800. The van der Waals surface area contributed by atoms with Gasteiger partial charge in [-0.2, -0.15) is 5.11 Å². The minimum atomic E-state index is -0.354. The number of carbonyl (C=O) groups excluding carboxylic acids is 1. The first-order valence-corrected chi connectivity index (χ1v) is 9.16. The van der Waals surface area contributed by atoms with E-state index in [4.69, 9.17) is 10.3 Å². The molecule has 1 aliphatic carbocycles. The molecule has 1 aliphatic rings. The zero-order valence-corrected chi connectivity index (χ0v) is 15.4. The third kappa shape index (κ3) is 3.94. The van der Waals surface area contributed by atoms with Crippen LogP contribution in [0.15, 0.2) is 53.6 Å². The summed E-state index contributed by atoms with van der Waals surface area (Å²) in [5.41, 5.74) is 8.43. The van der Waals surface area contributed by atoms with E-state index in [-0.39, 0.29) is 28.7 Å². The molecule has 2 aromatic rings. The first kappa shape index (κ1) is 18.9. The van der Waals surface area contributed by atoms with E-state index in [1.165, 1.54) is 18.7 Å². The molecule has 0 spiro atoms. The van der Waals surface area contributed by atoms with Crippen molar-refractivity contribution in [2.75, 3.05) is 13.7 Å². The predicted molar refractivity (Wildman–Crippen MR) is 103 cm³/mol.